The van der Waals surface area contributed by atoms with Crippen LogP contribution in [0.15, 0.2) is 0 Å². The Hall–Kier alpha value is -1.26. The van der Waals surface area contributed by atoms with E-state index in [1.165, 1.54) is 25.7 Å². The van der Waals surface area contributed by atoms with Crippen LogP contribution in [-0.4, -0.2) is 41.0 Å². The van der Waals surface area contributed by atoms with Crippen LogP contribution in [0, 0.1) is 5.92 Å². The molecule has 4 fully saturated rings. The number of nitrogens with zero attached hydrogens (tertiary/aromatic N) is 1. The fourth-order valence-electron chi connectivity index (χ4n) is 4.99. The maximum atomic E-state index is 12.9. The minimum absolute atomic E-state index is 0.156. The molecule has 0 aromatic rings. The Morgan fingerprint density at radius 1 is 0.708 bits per heavy atom. The van der Waals surface area contributed by atoms with E-state index in [1.54, 1.807) is 0 Å². The summed E-state index contributed by atoms with van der Waals surface area (Å²) in [5.74, 6) is 0.524. The average Bonchev–Trinajstić information content (AvgIpc) is 3.40. The fourth-order valence-corrected chi connectivity index (χ4v) is 4.99. The van der Waals surface area contributed by atoms with Gasteiger partial charge in [0.05, 0.1) is 0 Å². The van der Waals surface area contributed by atoms with E-state index in [0.29, 0.717) is 18.1 Å². The molecule has 5 heteroatoms. The first kappa shape index (κ1) is 16.2. The Bertz CT molecular complexity index is 471. The normalized spacial score (nSPS) is 33.8. The van der Waals surface area contributed by atoms with Crippen molar-refractivity contribution in [3.63, 3.8) is 0 Å². The van der Waals surface area contributed by atoms with Crippen molar-refractivity contribution >= 4 is 11.9 Å². The summed E-state index contributed by atoms with van der Waals surface area (Å²) in [5, 5.41) is 6.55. The van der Waals surface area contributed by atoms with Crippen LogP contribution in [0.2, 0.25) is 0 Å². The van der Waals surface area contributed by atoms with E-state index in [2.05, 4.69) is 15.5 Å². The quantitative estimate of drug-likeness (QED) is 0.834. The van der Waals surface area contributed by atoms with Crippen molar-refractivity contribution < 1.29 is 9.59 Å². The molecular formula is C19H31N3O2. The van der Waals surface area contributed by atoms with Crippen molar-refractivity contribution in [1.82, 2.24) is 15.5 Å². The summed E-state index contributed by atoms with van der Waals surface area (Å²) in [4.78, 5) is 27.1. The van der Waals surface area contributed by atoms with Gasteiger partial charge in [0.15, 0.2) is 0 Å². The number of nitrogens with one attached hydrogen (secondary N) is 2. The molecule has 2 saturated heterocycles. The lowest BCUT2D eigenvalue weighted by Crippen LogP contribution is -2.61. The Morgan fingerprint density at radius 3 is 2.00 bits per heavy atom. The van der Waals surface area contributed by atoms with Crippen molar-refractivity contribution in [3.05, 3.63) is 0 Å². The first-order chi connectivity index (χ1) is 11.7. The number of piperidine rings is 2. The number of rotatable bonds is 3. The van der Waals surface area contributed by atoms with Gasteiger partial charge in [0, 0.05) is 30.1 Å². The predicted molar refractivity (Wildman–Crippen MR) is 92.6 cm³/mol. The summed E-state index contributed by atoms with van der Waals surface area (Å²) < 4.78 is 0. The molecule has 3 amide bonds. The molecule has 2 bridgehead atoms. The zero-order valence-corrected chi connectivity index (χ0v) is 14.6. The van der Waals surface area contributed by atoms with Gasteiger partial charge in [-0.3, -0.25) is 4.79 Å². The van der Waals surface area contributed by atoms with Crippen molar-refractivity contribution in [2.75, 3.05) is 0 Å². The van der Waals surface area contributed by atoms with E-state index in [4.69, 9.17) is 0 Å². The lowest BCUT2D eigenvalue weighted by atomic mass is 9.82. The Labute approximate surface area is 144 Å². The van der Waals surface area contributed by atoms with E-state index >= 15 is 0 Å². The van der Waals surface area contributed by atoms with Crippen molar-refractivity contribution in [3.8, 4) is 0 Å². The summed E-state index contributed by atoms with van der Waals surface area (Å²) in [6, 6.07) is 1.42. The monoisotopic (exact) mass is 333 g/mol. The number of fused-ring (bicyclic) bond motifs is 2. The largest absolute Gasteiger partial charge is 0.353 e. The number of hydrogen-bond donors (Lipinski definition) is 2. The highest BCUT2D eigenvalue weighted by atomic mass is 16.2. The predicted octanol–water partition coefficient (Wildman–Crippen LogP) is 2.94. The molecular weight excluding hydrogens is 302 g/mol. The van der Waals surface area contributed by atoms with E-state index in [0.717, 1.165) is 51.4 Å². The molecule has 2 heterocycles. The molecule has 24 heavy (non-hydrogen) atoms. The van der Waals surface area contributed by atoms with Gasteiger partial charge >= 0.3 is 6.03 Å². The molecule has 2 aliphatic heterocycles. The van der Waals surface area contributed by atoms with Crippen LogP contribution in [0.5, 0.6) is 0 Å². The first-order valence-electron chi connectivity index (χ1n) is 10.1. The summed E-state index contributed by atoms with van der Waals surface area (Å²) in [6.45, 7) is 0. The second kappa shape index (κ2) is 6.93. The van der Waals surface area contributed by atoms with Crippen LogP contribution in [0.1, 0.15) is 77.0 Å². The standard InChI is InChI=1S/C19H31N3O2/c23-18(13-9-10-13)20-15-11-16-7-4-8-17(12-15)22(16)19(24)21-14-5-2-1-3-6-14/h13-17H,1-12H2,(H,20,23)(H,21,24). The molecule has 5 nitrogen and oxygen atoms in total. The fraction of sp³-hybridized carbons (Fsp3) is 0.895. The summed E-state index contributed by atoms with van der Waals surface area (Å²) in [5.41, 5.74) is 0. The number of carbonyl (C=O) groups is 2. The summed E-state index contributed by atoms with van der Waals surface area (Å²) in [7, 11) is 0. The Kier molecular flexibility index (Phi) is 4.68. The van der Waals surface area contributed by atoms with Crippen LogP contribution in [0.4, 0.5) is 4.79 Å². The van der Waals surface area contributed by atoms with Crippen LogP contribution in [0.25, 0.3) is 0 Å². The second-order valence-corrected chi connectivity index (χ2v) is 8.38. The van der Waals surface area contributed by atoms with Gasteiger partial charge < -0.3 is 15.5 Å². The van der Waals surface area contributed by atoms with Crippen LogP contribution >= 0.6 is 0 Å². The third-order valence-corrected chi connectivity index (χ3v) is 6.44. The molecule has 2 aliphatic carbocycles. The van der Waals surface area contributed by atoms with E-state index < -0.39 is 0 Å². The molecule has 0 spiro atoms. The molecule has 0 radical (unpaired) electrons. The highest BCUT2D eigenvalue weighted by molar-refractivity contribution is 5.81. The van der Waals surface area contributed by atoms with E-state index in [1.807, 2.05) is 0 Å². The van der Waals surface area contributed by atoms with Gasteiger partial charge in [-0.05, 0) is 57.8 Å². The van der Waals surface area contributed by atoms with Gasteiger partial charge in [-0.25, -0.2) is 4.79 Å². The molecule has 0 aromatic heterocycles. The summed E-state index contributed by atoms with van der Waals surface area (Å²) in [6.07, 6.45) is 13.4. The molecule has 2 N–H and O–H groups in total. The van der Waals surface area contributed by atoms with Gasteiger partial charge in [-0.2, -0.15) is 0 Å². The van der Waals surface area contributed by atoms with E-state index in [-0.39, 0.29) is 23.9 Å². The maximum absolute atomic E-state index is 12.9. The highest BCUT2D eigenvalue weighted by Gasteiger charge is 2.42. The third-order valence-electron chi connectivity index (χ3n) is 6.44. The Balaban J connectivity index is 1.35. The maximum Gasteiger partial charge on any atom is 0.318 e. The number of hydrogen-bond acceptors (Lipinski definition) is 2. The van der Waals surface area contributed by atoms with Crippen molar-refractivity contribution in [1.29, 1.82) is 0 Å². The van der Waals surface area contributed by atoms with Gasteiger partial charge in [-0.15, -0.1) is 0 Å². The molecule has 4 rings (SSSR count). The zero-order valence-electron chi connectivity index (χ0n) is 14.6. The molecule has 2 atom stereocenters. The number of carbonyl (C=O) groups excluding carboxylic acids is 2. The molecule has 0 aromatic carbocycles. The third kappa shape index (κ3) is 3.55. The Morgan fingerprint density at radius 2 is 1.38 bits per heavy atom. The lowest BCUT2D eigenvalue weighted by molar-refractivity contribution is -0.123. The smallest absolute Gasteiger partial charge is 0.318 e. The van der Waals surface area contributed by atoms with Crippen LogP contribution < -0.4 is 10.6 Å². The average molecular weight is 333 g/mol. The topological polar surface area (TPSA) is 61.4 Å². The van der Waals surface area contributed by atoms with Gasteiger partial charge in [0.1, 0.15) is 0 Å². The molecule has 2 unspecified atom stereocenters. The van der Waals surface area contributed by atoms with Crippen molar-refractivity contribution in [2.24, 2.45) is 5.92 Å². The highest BCUT2D eigenvalue weighted by Crippen LogP contribution is 2.35. The molecule has 2 saturated carbocycles. The number of urea groups is 1. The summed E-state index contributed by atoms with van der Waals surface area (Å²) >= 11 is 0. The van der Waals surface area contributed by atoms with Gasteiger partial charge in [-0.1, -0.05) is 19.3 Å². The lowest BCUT2D eigenvalue weighted by Gasteiger charge is -2.49. The minimum Gasteiger partial charge on any atom is -0.353 e. The number of amides is 3. The minimum atomic E-state index is 0.156. The van der Waals surface area contributed by atoms with Crippen LogP contribution in [-0.2, 0) is 4.79 Å². The molecule has 134 valence electrons. The van der Waals surface area contributed by atoms with Gasteiger partial charge in [0.2, 0.25) is 5.91 Å². The van der Waals surface area contributed by atoms with Crippen LogP contribution in [0.3, 0.4) is 0 Å². The van der Waals surface area contributed by atoms with E-state index in [9.17, 15) is 9.59 Å². The van der Waals surface area contributed by atoms with Gasteiger partial charge in [0.25, 0.3) is 0 Å². The molecule has 4 aliphatic rings. The second-order valence-electron chi connectivity index (χ2n) is 8.38. The first-order valence-corrected chi connectivity index (χ1v) is 10.1. The zero-order chi connectivity index (χ0) is 16.5. The van der Waals surface area contributed by atoms with Crippen molar-refractivity contribution in [2.45, 2.75) is 101 Å². The SMILES string of the molecule is O=C(NC1CC2CCCC(C1)N2C(=O)NC1CCCCC1)C1CC1.